The van der Waals surface area contributed by atoms with E-state index in [0.29, 0.717) is 0 Å². The van der Waals surface area contributed by atoms with Crippen LogP contribution in [0.1, 0.15) is 0 Å². The molecule has 0 unspecified atom stereocenters. The normalized spacial score (nSPS) is 11.4. The molecule has 662 valence electrons. The second kappa shape index (κ2) is 37.6. The fourth-order valence-electron chi connectivity index (χ4n) is 22.7. The molecule has 142 heavy (non-hydrogen) atoms. The molecular weight excluding hydrogens is 1710 g/mol. The van der Waals surface area contributed by atoms with Gasteiger partial charge in [-0.2, -0.15) is 0 Å². The first-order chi connectivity index (χ1) is 70.6. The van der Waals surface area contributed by atoms with Crippen LogP contribution in [0.3, 0.4) is 0 Å². The van der Waals surface area contributed by atoms with Crippen molar-refractivity contribution in [3.05, 3.63) is 570 Å². The summed E-state index contributed by atoms with van der Waals surface area (Å²) < 4.78 is 0. The largest absolute Gasteiger partial charge is 0.0622 e. The van der Waals surface area contributed by atoms with Crippen molar-refractivity contribution in [2.24, 2.45) is 0 Å². The van der Waals surface area contributed by atoms with Gasteiger partial charge in [0.2, 0.25) is 0 Å². The summed E-state index contributed by atoms with van der Waals surface area (Å²) >= 11 is 0. The van der Waals surface area contributed by atoms with Gasteiger partial charge in [0.15, 0.2) is 0 Å². The molecule has 0 aromatic heterocycles. The third-order valence-electron chi connectivity index (χ3n) is 28.7. The average molecular weight is 1800 g/mol. The Morgan fingerprint density at radius 2 is 0.190 bits per heavy atom. The highest BCUT2D eigenvalue weighted by Crippen LogP contribution is 2.64. The molecule has 25 aromatic carbocycles. The predicted molar refractivity (Wildman–Crippen MR) is 604 cm³/mol. The molecule has 0 fully saturated rings. The van der Waals surface area contributed by atoms with Crippen LogP contribution in [0.5, 0.6) is 0 Å². The van der Waals surface area contributed by atoms with Gasteiger partial charge in [-0.15, -0.1) is 0 Å². The van der Waals surface area contributed by atoms with Gasteiger partial charge in [-0.1, -0.05) is 540 Å². The molecular formula is C142H94. The number of hydrogen-bond donors (Lipinski definition) is 0. The lowest BCUT2D eigenvalue weighted by atomic mass is 9.71. The van der Waals surface area contributed by atoms with Gasteiger partial charge in [-0.25, -0.2) is 0 Å². The van der Waals surface area contributed by atoms with Gasteiger partial charge in [0.05, 0.1) is 0 Å². The van der Waals surface area contributed by atoms with E-state index in [2.05, 4.69) is 570 Å². The summed E-state index contributed by atoms with van der Waals surface area (Å²) in [4.78, 5) is 0. The van der Waals surface area contributed by atoms with Gasteiger partial charge < -0.3 is 0 Å². The molecule has 0 amide bonds. The van der Waals surface area contributed by atoms with E-state index < -0.39 is 0 Å². The van der Waals surface area contributed by atoms with Crippen LogP contribution in [0, 0.1) is 0 Å². The van der Waals surface area contributed by atoms with Crippen LogP contribution in [0.15, 0.2) is 570 Å². The third-order valence-corrected chi connectivity index (χ3v) is 28.7. The zero-order valence-corrected chi connectivity index (χ0v) is 78.3. The number of benzene rings is 25. The highest BCUT2D eigenvalue weighted by molar-refractivity contribution is 6.36. The van der Waals surface area contributed by atoms with Crippen molar-refractivity contribution in [3.63, 3.8) is 0 Å². The van der Waals surface area contributed by atoms with Crippen LogP contribution < -0.4 is 0 Å². The number of hydrogen-bond acceptors (Lipinski definition) is 0. The summed E-state index contributed by atoms with van der Waals surface area (Å²) in [5.74, 6) is 0. The molecule has 0 heteroatoms. The van der Waals surface area contributed by atoms with Crippen LogP contribution >= 0.6 is 0 Å². The highest BCUT2D eigenvalue weighted by atomic mass is 14.4. The quantitative estimate of drug-likeness (QED) is 0.0629. The van der Waals surface area contributed by atoms with Gasteiger partial charge in [0, 0.05) is 0 Å². The summed E-state index contributed by atoms with van der Waals surface area (Å²) in [7, 11) is 0. The minimum atomic E-state index is 1.07. The Kier molecular flexibility index (Phi) is 22.5. The van der Waals surface area contributed by atoms with Gasteiger partial charge >= 0.3 is 0 Å². The topological polar surface area (TPSA) is 0 Å². The Bertz CT molecular complexity index is 8680. The lowest BCUT2D eigenvalue weighted by Gasteiger charge is -2.31. The van der Waals surface area contributed by atoms with E-state index in [-0.39, 0.29) is 0 Å². The molecule has 0 aliphatic carbocycles. The van der Waals surface area contributed by atoms with Crippen LogP contribution in [0.25, 0.3) is 266 Å². The van der Waals surface area contributed by atoms with Crippen molar-refractivity contribution < 1.29 is 0 Å². The van der Waals surface area contributed by atoms with E-state index in [4.69, 9.17) is 0 Å². The molecule has 0 aliphatic rings. The molecule has 25 rings (SSSR count). The molecule has 0 radical (unpaired) electrons. The lowest BCUT2D eigenvalue weighted by molar-refractivity contribution is 1.52. The minimum absolute atomic E-state index is 1.07. The molecule has 0 aliphatic heterocycles. The Labute approximate surface area is 830 Å². The van der Waals surface area contributed by atoms with Gasteiger partial charge in [-0.05, 0) is 296 Å². The zero-order chi connectivity index (χ0) is 94.2. The Morgan fingerprint density at radius 3 is 0.408 bits per heavy atom. The first-order valence-corrected chi connectivity index (χ1v) is 49.2. The van der Waals surface area contributed by atoms with Gasteiger partial charge in [-0.3, -0.25) is 0 Å². The van der Waals surface area contributed by atoms with Crippen molar-refractivity contribution in [2.45, 2.75) is 0 Å². The Hall–Kier alpha value is -18.5. The summed E-state index contributed by atoms with van der Waals surface area (Å²) in [6.07, 6.45) is 0. The zero-order valence-electron chi connectivity index (χ0n) is 78.3. The summed E-state index contributed by atoms with van der Waals surface area (Å²) in [5.41, 5.74) is 46.5. The summed E-state index contributed by atoms with van der Waals surface area (Å²) in [6, 6.07) is 215. The van der Waals surface area contributed by atoms with E-state index in [9.17, 15) is 0 Å². The lowest BCUT2D eigenvalue weighted by Crippen LogP contribution is -2.04. The standard InChI is InChI=1S/C142H94/c1-18-52-95(53-19-1)116-91-120(99-60-26-5-27-61-99)140(132(106-74-40-12-41-75-106)127(116)101-64-30-7-31-65-101)122-94-124(142-136(110-82-48-16-49-83-110)134(108-78-44-14-45-79-108)133(107-76-42-13-43-77-107)135(109-80-46-15-47-81-109)137(142)111-84-50-17-51-85-111)115-87-86-112-121(125-92-119(98-58-24-4-25-59-98)126(100-62-28-6-29-63-100)131(105-72-38-11-39-73-105)130(125)104-70-36-10-37-71-104)93-123(114-89-88-113(122)139(115)138(112)114)141-128(102-66-32-8-33-67-102)117(96-54-20-2-21-55-96)90-118(97-56-22-3-23-57-97)129(141)103-68-34-9-35-69-103/h1-94H. The summed E-state index contributed by atoms with van der Waals surface area (Å²) in [5, 5.41) is 6.66. The maximum atomic E-state index is 2.68. The van der Waals surface area contributed by atoms with Crippen LogP contribution in [0.4, 0.5) is 0 Å². The third kappa shape index (κ3) is 15.3. The van der Waals surface area contributed by atoms with Crippen LogP contribution in [-0.4, -0.2) is 0 Å². The first kappa shape index (κ1) is 85.2. The van der Waals surface area contributed by atoms with E-state index >= 15 is 0 Å². The van der Waals surface area contributed by atoms with Crippen molar-refractivity contribution >= 4 is 32.3 Å². The Morgan fingerprint density at radius 1 is 0.0704 bits per heavy atom. The molecule has 0 heterocycles. The average Bonchev–Trinajstić information content (AvgIpc) is 0.676. The smallest absolute Gasteiger partial charge is 0.000741 e. The molecule has 0 spiro atoms. The molecule has 0 atom stereocenters. The first-order valence-electron chi connectivity index (χ1n) is 49.2. The van der Waals surface area contributed by atoms with Crippen molar-refractivity contribution in [1.82, 2.24) is 0 Å². The van der Waals surface area contributed by atoms with Crippen LogP contribution in [-0.2, 0) is 0 Å². The van der Waals surface area contributed by atoms with Gasteiger partial charge in [0.25, 0.3) is 0 Å². The van der Waals surface area contributed by atoms with E-state index in [0.717, 1.165) is 266 Å². The monoisotopic (exact) mass is 1800 g/mol. The van der Waals surface area contributed by atoms with E-state index in [1.807, 2.05) is 0 Å². The van der Waals surface area contributed by atoms with E-state index in [1.54, 1.807) is 0 Å². The molecule has 25 aromatic rings. The number of rotatable bonds is 21. The fraction of sp³-hybridized carbons (Fsp3) is 0. The second-order valence-corrected chi connectivity index (χ2v) is 36.8. The molecule has 0 saturated heterocycles. The van der Waals surface area contributed by atoms with Crippen LogP contribution in [0.2, 0.25) is 0 Å². The Balaban J connectivity index is 0.995. The summed E-state index contributed by atoms with van der Waals surface area (Å²) in [6.45, 7) is 0. The molecule has 0 nitrogen and oxygen atoms in total. The molecule has 0 N–H and O–H groups in total. The van der Waals surface area contributed by atoms with Crippen molar-refractivity contribution in [3.8, 4) is 234 Å². The van der Waals surface area contributed by atoms with Crippen molar-refractivity contribution in [1.29, 1.82) is 0 Å². The van der Waals surface area contributed by atoms with Gasteiger partial charge in [0.1, 0.15) is 0 Å². The second-order valence-electron chi connectivity index (χ2n) is 36.8. The fourth-order valence-corrected chi connectivity index (χ4v) is 22.7. The minimum Gasteiger partial charge on any atom is -0.0622 e. The maximum Gasteiger partial charge on any atom is -0.000741 e. The molecule has 0 saturated carbocycles. The maximum absolute atomic E-state index is 2.68. The van der Waals surface area contributed by atoms with Crippen molar-refractivity contribution in [2.75, 3.05) is 0 Å². The predicted octanol–water partition coefficient (Wildman–Crippen LogP) is 39.6. The van der Waals surface area contributed by atoms with E-state index in [1.165, 1.54) is 0 Å². The highest BCUT2D eigenvalue weighted by Gasteiger charge is 2.37. The molecule has 0 bridgehead atoms. The SMILES string of the molecule is c1ccc(-c2cc(-c3cc(-c4c(-c5ccccc5)c(-c5ccccc5)cc(-c5ccccc5)c4-c4ccccc4)c4ccc5c(-c6c(-c7ccccc7)cc(-c7ccccc7)c(-c7ccccc7)c6-c6ccccc6)cc(-c6c(-c7ccccc7)c(-c7ccccc7)c(-c7ccccc7)c(-c7ccccc7)c6-c6ccccc6)c6ccc3c4c56)c(-c3ccccc3)c(-c3ccccc3)c2-c2ccccc2)cc1.